The Hall–Kier alpha value is -1.94. The Balaban J connectivity index is 2.34. The van der Waals surface area contributed by atoms with E-state index < -0.39 is 0 Å². The van der Waals surface area contributed by atoms with Gasteiger partial charge in [0.15, 0.2) is 0 Å². The Morgan fingerprint density at radius 1 is 1.30 bits per heavy atom. The van der Waals surface area contributed by atoms with Crippen LogP contribution in [-0.2, 0) is 6.54 Å². The SMILES string of the molecule is CCNC(Cn1ncccc1=O)c1cc(C)ccc1C. The number of nitrogens with one attached hydrogen (secondary N) is 1. The lowest BCUT2D eigenvalue weighted by Gasteiger charge is -2.21. The molecule has 1 unspecified atom stereocenters. The molecule has 1 heterocycles. The summed E-state index contributed by atoms with van der Waals surface area (Å²) < 4.78 is 1.51. The summed E-state index contributed by atoms with van der Waals surface area (Å²) in [6.45, 7) is 7.63. The Morgan fingerprint density at radius 3 is 2.80 bits per heavy atom. The number of nitrogens with zero attached hydrogens (tertiary/aromatic N) is 2. The van der Waals surface area contributed by atoms with E-state index in [2.05, 4.69) is 49.4 Å². The third-order valence-corrected chi connectivity index (χ3v) is 3.40. The minimum Gasteiger partial charge on any atom is -0.309 e. The van der Waals surface area contributed by atoms with Gasteiger partial charge < -0.3 is 5.32 Å². The maximum atomic E-state index is 11.8. The van der Waals surface area contributed by atoms with Crippen LogP contribution < -0.4 is 10.9 Å². The van der Waals surface area contributed by atoms with E-state index in [0.29, 0.717) is 6.54 Å². The van der Waals surface area contributed by atoms with Crippen molar-refractivity contribution in [2.45, 2.75) is 33.4 Å². The van der Waals surface area contributed by atoms with Crippen molar-refractivity contribution < 1.29 is 0 Å². The third kappa shape index (κ3) is 3.33. The molecule has 0 spiro atoms. The van der Waals surface area contributed by atoms with Gasteiger partial charge in [-0.15, -0.1) is 0 Å². The van der Waals surface area contributed by atoms with Crippen LogP contribution in [-0.4, -0.2) is 16.3 Å². The fourth-order valence-electron chi connectivity index (χ4n) is 2.35. The molecule has 2 rings (SSSR count). The topological polar surface area (TPSA) is 46.9 Å². The highest BCUT2D eigenvalue weighted by atomic mass is 16.1. The third-order valence-electron chi connectivity index (χ3n) is 3.40. The van der Waals surface area contributed by atoms with Crippen molar-refractivity contribution in [3.63, 3.8) is 0 Å². The molecule has 0 aliphatic heterocycles. The lowest BCUT2D eigenvalue weighted by molar-refractivity contribution is 0.433. The van der Waals surface area contributed by atoms with Crippen LogP contribution in [0.2, 0.25) is 0 Å². The summed E-state index contributed by atoms with van der Waals surface area (Å²) in [5, 5.41) is 7.59. The van der Waals surface area contributed by atoms with Gasteiger partial charge in [-0.05, 0) is 37.6 Å². The van der Waals surface area contributed by atoms with E-state index in [4.69, 9.17) is 0 Å². The van der Waals surface area contributed by atoms with Gasteiger partial charge in [-0.1, -0.05) is 30.7 Å². The van der Waals surface area contributed by atoms with Crippen molar-refractivity contribution >= 4 is 0 Å². The first-order valence-corrected chi connectivity index (χ1v) is 6.94. The van der Waals surface area contributed by atoms with Crippen LogP contribution >= 0.6 is 0 Å². The van der Waals surface area contributed by atoms with Crippen LogP contribution in [0.3, 0.4) is 0 Å². The molecule has 0 fully saturated rings. The van der Waals surface area contributed by atoms with E-state index in [1.54, 1.807) is 18.3 Å². The molecule has 0 aliphatic rings. The molecule has 0 saturated carbocycles. The number of aromatic nitrogens is 2. The Kier molecular flexibility index (Phi) is 4.69. The minimum atomic E-state index is -0.0688. The second kappa shape index (κ2) is 6.48. The van der Waals surface area contributed by atoms with E-state index in [1.807, 2.05) is 0 Å². The summed E-state index contributed by atoms with van der Waals surface area (Å²) in [4.78, 5) is 11.8. The van der Waals surface area contributed by atoms with Crippen LogP contribution in [0.25, 0.3) is 0 Å². The van der Waals surface area contributed by atoms with Crippen molar-refractivity contribution in [1.29, 1.82) is 0 Å². The van der Waals surface area contributed by atoms with Gasteiger partial charge in [0.25, 0.3) is 5.56 Å². The van der Waals surface area contributed by atoms with Gasteiger partial charge in [-0.3, -0.25) is 4.79 Å². The average molecular weight is 271 g/mol. The lowest BCUT2D eigenvalue weighted by atomic mass is 9.99. The van der Waals surface area contributed by atoms with Crippen molar-refractivity contribution in [1.82, 2.24) is 15.1 Å². The number of hydrogen-bond donors (Lipinski definition) is 1. The molecule has 20 heavy (non-hydrogen) atoms. The molecule has 0 bridgehead atoms. The Morgan fingerprint density at radius 2 is 2.10 bits per heavy atom. The van der Waals surface area contributed by atoms with Gasteiger partial charge >= 0.3 is 0 Å². The number of likely N-dealkylation sites (N-methyl/N-ethyl adjacent to an activating group) is 1. The van der Waals surface area contributed by atoms with E-state index >= 15 is 0 Å². The predicted octanol–water partition coefficient (Wildman–Crippen LogP) is 2.21. The zero-order valence-corrected chi connectivity index (χ0v) is 12.3. The molecule has 0 aliphatic carbocycles. The standard InChI is InChI=1S/C16H21N3O/c1-4-17-15(11-19-16(20)6-5-9-18-19)14-10-12(2)7-8-13(14)3/h5-10,15,17H,4,11H2,1-3H3. The zero-order valence-electron chi connectivity index (χ0n) is 12.3. The minimum absolute atomic E-state index is 0.0688. The van der Waals surface area contributed by atoms with E-state index in [0.717, 1.165) is 6.54 Å². The Labute approximate surface area is 119 Å². The first kappa shape index (κ1) is 14.5. The molecule has 1 aromatic carbocycles. The fraction of sp³-hybridized carbons (Fsp3) is 0.375. The average Bonchev–Trinajstić information content (AvgIpc) is 2.43. The van der Waals surface area contributed by atoms with Crippen molar-refractivity contribution in [3.8, 4) is 0 Å². The van der Waals surface area contributed by atoms with E-state index in [1.165, 1.54) is 21.4 Å². The smallest absolute Gasteiger partial charge is 0.266 e. The predicted molar refractivity (Wildman–Crippen MR) is 80.8 cm³/mol. The summed E-state index contributed by atoms with van der Waals surface area (Å²) in [5.74, 6) is 0. The fourth-order valence-corrected chi connectivity index (χ4v) is 2.35. The largest absolute Gasteiger partial charge is 0.309 e. The van der Waals surface area contributed by atoms with Gasteiger partial charge in [0.2, 0.25) is 0 Å². The molecular formula is C16H21N3O. The van der Waals surface area contributed by atoms with Gasteiger partial charge in [0.05, 0.1) is 12.6 Å². The van der Waals surface area contributed by atoms with Crippen LogP contribution in [0.4, 0.5) is 0 Å². The summed E-state index contributed by atoms with van der Waals surface area (Å²) in [6, 6.07) is 9.70. The lowest BCUT2D eigenvalue weighted by Crippen LogP contribution is -2.31. The van der Waals surface area contributed by atoms with E-state index in [-0.39, 0.29) is 11.6 Å². The molecule has 106 valence electrons. The maximum Gasteiger partial charge on any atom is 0.266 e. The van der Waals surface area contributed by atoms with Crippen molar-refractivity contribution in [3.05, 3.63) is 63.6 Å². The number of aryl methyl sites for hydroxylation is 2. The summed E-state index contributed by atoms with van der Waals surface area (Å²) >= 11 is 0. The van der Waals surface area contributed by atoms with Gasteiger partial charge in [0.1, 0.15) is 0 Å². The van der Waals surface area contributed by atoms with Gasteiger partial charge in [-0.2, -0.15) is 5.10 Å². The molecule has 1 N–H and O–H groups in total. The van der Waals surface area contributed by atoms with Crippen LogP contribution in [0, 0.1) is 13.8 Å². The number of hydrogen-bond acceptors (Lipinski definition) is 3. The van der Waals surface area contributed by atoms with Gasteiger partial charge in [0, 0.05) is 12.3 Å². The van der Waals surface area contributed by atoms with Crippen LogP contribution in [0.1, 0.15) is 29.7 Å². The molecule has 4 nitrogen and oxygen atoms in total. The first-order chi connectivity index (χ1) is 9.61. The summed E-state index contributed by atoms with van der Waals surface area (Å²) in [6.07, 6.45) is 1.65. The monoisotopic (exact) mass is 271 g/mol. The number of benzene rings is 1. The highest BCUT2D eigenvalue weighted by Crippen LogP contribution is 2.20. The molecule has 0 saturated heterocycles. The summed E-state index contributed by atoms with van der Waals surface area (Å²) in [5.41, 5.74) is 3.61. The van der Waals surface area contributed by atoms with Gasteiger partial charge in [-0.25, -0.2) is 4.68 Å². The first-order valence-electron chi connectivity index (χ1n) is 6.94. The highest BCUT2D eigenvalue weighted by molar-refractivity contribution is 5.33. The molecule has 1 atom stereocenters. The van der Waals surface area contributed by atoms with Crippen LogP contribution in [0.15, 0.2) is 41.3 Å². The summed E-state index contributed by atoms with van der Waals surface area (Å²) in [7, 11) is 0. The maximum absolute atomic E-state index is 11.8. The quantitative estimate of drug-likeness (QED) is 0.907. The normalized spacial score (nSPS) is 12.3. The second-order valence-electron chi connectivity index (χ2n) is 5.01. The van der Waals surface area contributed by atoms with Crippen molar-refractivity contribution in [2.24, 2.45) is 0 Å². The zero-order chi connectivity index (χ0) is 14.5. The molecule has 0 radical (unpaired) electrons. The number of rotatable bonds is 5. The van der Waals surface area contributed by atoms with E-state index in [9.17, 15) is 4.79 Å². The molecule has 0 amide bonds. The van der Waals surface area contributed by atoms with Crippen LogP contribution in [0.5, 0.6) is 0 Å². The van der Waals surface area contributed by atoms with Crippen molar-refractivity contribution in [2.75, 3.05) is 6.54 Å². The molecule has 2 aromatic rings. The second-order valence-corrected chi connectivity index (χ2v) is 5.01. The Bertz CT molecular complexity index is 634. The molecule has 1 aromatic heterocycles. The molecular weight excluding hydrogens is 250 g/mol. The molecule has 4 heteroatoms. The highest BCUT2D eigenvalue weighted by Gasteiger charge is 2.14.